The zero-order chi connectivity index (χ0) is 15.2. The Balaban J connectivity index is 2.13. The quantitative estimate of drug-likeness (QED) is 0.921. The molecule has 21 heavy (non-hydrogen) atoms. The second-order valence-corrected chi connectivity index (χ2v) is 4.35. The molecule has 4 nitrogen and oxygen atoms in total. The third-order valence-corrected chi connectivity index (χ3v) is 2.89. The topological polar surface area (TPSA) is 51.2 Å². The van der Waals surface area contributed by atoms with E-state index in [1.165, 1.54) is 18.5 Å². The van der Waals surface area contributed by atoms with Gasteiger partial charge in [0, 0.05) is 23.5 Å². The molecule has 0 bridgehead atoms. The van der Waals surface area contributed by atoms with Crippen molar-refractivity contribution >= 4 is 5.91 Å². The molecule has 6 heteroatoms. The average molecular weight is 292 g/mol. The van der Waals surface area contributed by atoms with Crippen molar-refractivity contribution in [2.75, 3.05) is 0 Å². The Morgan fingerprint density at radius 1 is 1.19 bits per heavy atom. The molecule has 0 spiro atoms. The molecule has 2 aromatic rings. The lowest BCUT2D eigenvalue weighted by Crippen LogP contribution is -2.27. The monoisotopic (exact) mass is 292 g/mol. The normalized spacial score (nSPS) is 12.0. The summed E-state index contributed by atoms with van der Waals surface area (Å²) in [7, 11) is 0. The number of alkyl halides is 2. The van der Waals surface area contributed by atoms with E-state index in [9.17, 15) is 13.6 Å². The van der Waals surface area contributed by atoms with Gasteiger partial charge in [0.25, 0.3) is 5.91 Å². The SMILES string of the molecule is C[C@@H](NC(=O)c1ccncc1)c1ccccc1OC(F)F. The molecule has 0 fully saturated rings. The number of hydrogen-bond donors (Lipinski definition) is 1. The van der Waals surface area contributed by atoms with Gasteiger partial charge in [0.1, 0.15) is 5.75 Å². The van der Waals surface area contributed by atoms with Crippen LogP contribution in [-0.4, -0.2) is 17.5 Å². The number of halogens is 2. The number of hydrogen-bond acceptors (Lipinski definition) is 3. The third kappa shape index (κ3) is 3.98. The Hall–Kier alpha value is -2.50. The number of carbonyl (C=O) groups excluding carboxylic acids is 1. The minimum absolute atomic E-state index is 0.0510. The van der Waals surface area contributed by atoms with Gasteiger partial charge in [0.15, 0.2) is 0 Å². The highest BCUT2D eigenvalue weighted by Crippen LogP contribution is 2.26. The molecule has 1 N–H and O–H groups in total. The Morgan fingerprint density at radius 3 is 2.52 bits per heavy atom. The molecular weight excluding hydrogens is 278 g/mol. The van der Waals surface area contributed by atoms with Crippen LogP contribution in [0.2, 0.25) is 0 Å². The minimum Gasteiger partial charge on any atom is -0.434 e. The molecule has 0 aliphatic rings. The summed E-state index contributed by atoms with van der Waals surface area (Å²) < 4.78 is 29.2. The molecule has 0 saturated heterocycles. The van der Waals surface area contributed by atoms with Gasteiger partial charge in [-0.1, -0.05) is 18.2 Å². The van der Waals surface area contributed by atoms with Gasteiger partial charge in [-0.3, -0.25) is 9.78 Å². The lowest BCUT2D eigenvalue weighted by atomic mass is 10.1. The van der Waals surface area contributed by atoms with Crippen molar-refractivity contribution in [2.24, 2.45) is 0 Å². The Kier molecular flexibility index (Phi) is 4.81. The Bertz CT molecular complexity index is 606. The molecule has 2 rings (SSSR count). The fraction of sp³-hybridized carbons (Fsp3) is 0.200. The second kappa shape index (κ2) is 6.78. The minimum atomic E-state index is -2.91. The molecule has 1 aromatic heterocycles. The third-order valence-electron chi connectivity index (χ3n) is 2.89. The predicted octanol–water partition coefficient (Wildman–Crippen LogP) is 3.17. The van der Waals surface area contributed by atoms with Crippen molar-refractivity contribution in [1.29, 1.82) is 0 Å². The van der Waals surface area contributed by atoms with Crippen molar-refractivity contribution in [1.82, 2.24) is 10.3 Å². The molecule has 1 amide bonds. The maximum Gasteiger partial charge on any atom is 0.387 e. The summed E-state index contributed by atoms with van der Waals surface area (Å²) in [6.45, 7) is -1.21. The van der Waals surface area contributed by atoms with Crippen LogP contribution in [0.5, 0.6) is 5.75 Å². The van der Waals surface area contributed by atoms with Crippen molar-refractivity contribution in [3.05, 3.63) is 59.9 Å². The van der Waals surface area contributed by atoms with Crippen LogP contribution in [0.4, 0.5) is 8.78 Å². The lowest BCUT2D eigenvalue weighted by Gasteiger charge is -2.18. The van der Waals surface area contributed by atoms with E-state index in [1.807, 2.05) is 0 Å². The van der Waals surface area contributed by atoms with Gasteiger partial charge in [-0.2, -0.15) is 8.78 Å². The van der Waals surface area contributed by atoms with Gasteiger partial charge in [-0.25, -0.2) is 0 Å². The highest BCUT2D eigenvalue weighted by atomic mass is 19.3. The van der Waals surface area contributed by atoms with Crippen LogP contribution in [0.3, 0.4) is 0 Å². The van der Waals surface area contributed by atoms with E-state index in [0.717, 1.165) is 0 Å². The Morgan fingerprint density at radius 2 is 1.86 bits per heavy atom. The van der Waals surface area contributed by atoms with Gasteiger partial charge in [0.05, 0.1) is 6.04 Å². The molecular formula is C15H14F2N2O2. The number of pyridine rings is 1. The lowest BCUT2D eigenvalue weighted by molar-refractivity contribution is -0.0506. The molecule has 1 atom stereocenters. The van der Waals surface area contributed by atoms with E-state index in [-0.39, 0.29) is 11.7 Å². The number of nitrogens with zero attached hydrogens (tertiary/aromatic N) is 1. The maximum atomic E-state index is 12.4. The fourth-order valence-corrected chi connectivity index (χ4v) is 1.90. The van der Waals surface area contributed by atoms with Crippen LogP contribution in [0, 0.1) is 0 Å². The number of para-hydroxylation sites is 1. The smallest absolute Gasteiger partial charge is 0.387 e. The van der Waals surface area contributed by atoms with Crippen LogP contribution in [0.25, 0.3) is 0 Å². The summed E-state index contributed by atoms with van der Waals surface area (Å²) in [5.74, 6) is -0.258. The first-order valence-corrected chi connectivity index (χ1v) is 6.32. The number of amides is 1. The number of ether oxygens (including phenoxy) is 1. The van der Waals surface area contributed by atoms with E-state index in [0.29, 0.717) is 11.1 Å². The van der Waals surface area contributed by atoms with E-state index in [1.54, 1.807) is 37.3 Å². The maximum absolute atomic E-state index is 12.4. The molecule has 110 valence electrons. The second-order valence-electron chi connectivity index (χ2n) is 4.35. The van der Waals surface area contributed by atoms with E-state index in [2.05, 4.69) is 15.0 Å². The van der Waals surface area contributed by atoms with Gasteiger partial charge < -0.3 is 10.1 Å². The Labute approximate surface area is 120 Å². The largest absolute Gasteiger partial charge is 0.434 e. The number of nitrogens with one attached hydrogen (secondary N) is 1. The first-order valence-electron chi connectivity index (χ1n) is 6.32. The number of rotatable bonds is 5. The summed E-state index contributed by atoms with van der Waals surface area (Å²) in [5.41, 5.74) is 0.935. The van der Waals surface area contributed by atoms with Gasteiger partial charge in [-0.05, 0) is 25.1 Å². The average Bonchev–Trinajstić information content (AvgIpc) is 2.48. The van der Waals surface area contributed by atoms with Crippen molar-refractivity contribution < 1.29 is 18.3 Å². The predicted molar refractivity (Wildman–Crippen MR) is 73.2 cm³/mol. The fourth-order valence-electron chi connectivity index (χ4n) is 1.90. The number of carbonyl (C=O) groups is 1. The summed E-state index contributed by atoms with van der Waals surface area (Å²) in [6, 6.07) is 9.04. The van der Waals surface area contributed by atoms with Crippen LogP contribution < -0.4 is 10.1 Å². The molecule has 1 heterocycles. The molecule has 0 unspecified atom stereocenters. The van der Waals surface area contributed by atoms with Gasteiger partial charge in [0.2, 0.25) is 0 Å². The van der Waals surface area contributed by atoms with Crippen LogP contribution >= 0.6 is 0 Å². The van der Waals surface area contributed by atoms with Crippen molar-refractivity contribution in [2.45, 2.75) is 19.6 Å². The summed E-state index contributed by atoms with van der Waals surface area (Å²) in [5, 5.41) is 2.73. The van der Waals surface area contributed by atoms with E-state index in [4.69, 9.17) is 0 Å². The molecule has 0 aliphatic heterocycles. The van der Waals surface area contributed by atoms with E-state index >= 15 is 0 Å². The van der Waals surface area contributed by atoms with Gasteiger partial charge in [-0.15, -0.1) is 0 Å². The molecule has 0 aliphatic carbocycles. The number of benzene rings is 1. The first kappa shape index (κ1) is 14.9. The molecule has 0 saturated carbocycles. The number of aromatic nitrogens is 1. The van der Waals surface area contributed by atoms with Crippen molar-refractivity contribution in [3.63, 3.8) is 0 Å². The highest BCUT2D eigenvalue weighted by molar-refractivity contribution is 5.94. The summed E-state index contributed by atoms with van der Waals surface area (Å²) >= 11 is 0. The van der Waals surface area contributed by atoms with Gasteiger partial charge >= 0.3 is 6.61 Å². The standard InChI is InChI=1S/C15H14F2N2O2/c1-10(19-14(20)11-6-8-18-9-7-11)12-4-2-3-5-13(12)21-15(16)17/h2-10,15H,1H3,(H,19,20)/t10-/m1/s1. The summed E-state index contributed by atoms with van der Waals surface area (Å²) in [6.07, 6.45) is 3.01. The first-order chi connectivity index (χ1) is 10.1. The van der Waals surface area contributed by atoms with Crippen LogP contribution in [0.1, 0.15) is 28.9 Å². The van der Waals surface area contributed by atoms with Crippen LogP contribution in [-0.2, 0) is 0 Å². The zero-order valence-corrected chi connectivity index (χ0v) is 11.3. The summed E-state index contributed by atoms with van der Waals surface area (Å²) in [4.78, 5) is 15.9. The van der Waals surface area contributed by atoms with E-state index < -0.39 is 12.7 Å². The van der Waals surface area contributed by atoms with Crippen molar-refractivity contribution in [3.8, 4) is 5.75 Å². The highest BCUT2D eigenvalue weighted by Gasteiger charge is 2.16. The zero-order valence-electron chi connectivity index (χ0n) is 11.3. The molecule has 0 radical (unpaired) electrons. The van der Waals surface area contributed by atoms with Crippen LogP contribution in [0.15, 0.2) is 48.8 Å². The molecule has 1 aromatic carbocycles.